The Morgan fingerprint density at radius 3 is 2.67 bits per heavy atom. The highest BCUT2D eigenvalue weighted by Gasteiger charge is 2.32. The molecule has 1 unspecified atom stereocenters. The van der Waals surface area contributed by atoms with E-state index < -0.39 is 11.6 Å². The molecule has 4 rings (SSSR count). The van der Waals surface area contributed by atoms with E-state index in [2.05, 4.69) is 28.7 Å². The van der Waals surface area contributed by atoms with Gasteiger partial charge >= 0.3 is 6.09 Å². The van der Waals surface area contributed by atoms with Crippen LogP contribution in [-0.2, 0) is 14.3 Å². The first-order valence-electron chi connectivity index (χ1n) is 11.6. The Balaban J connectivity index is 1.46. The molecule has 2 fully saturated rings. The van der Waals surface area contributed by atoms with E-state index in [4.69, 9.17) is 4.74 Å². The van der Waals surface area contributed by atoms with Crippen LogP contribution >= 0.6 is 0 Å². The predicted molar refractivity (Wildman–Crippen MR) is 125 cm³/mol. The molecule has 1 aromatic carbocycles. The van der Waals surface area contributed by atoms with Crippen LogP contribution in [0, 0.1) is 12.8 Å². The average Bonchev–Trinajstić information content (AvgIpc) is 3.04. The van der Waals surface area contributed by atoms with Crippen molar-refractivity contribution in [1.82, 2.24) is 20.0 Å². The number of carbonyl (C=O) groups is 3. The number of amides is 3. The summed E-state index contributed by atoms with van der Waals surface area (Å²) in [5.74, 6) is -0.277. The molecule has 0 saturated carbocycles. The van der Waals surface area contributed by atoms with Gasteiger partial charge in [0.1, 0.15) is 11.6 Å². The molecule has 0 aliphatic carbocycles. The number of rotatable bonds is 3. The summed E-state index contributed by atoms with van der Waals surface area (Å²) in [6.07, 6.45) is 1.34. The Hall–Kier alpha value is -3.10. The second-order valence-electron chi connectivity index (χ2n) is 10.2. The van der Waals surface area contributed by atoms with Crippen LogP contribution in [0.3, 0.4) is 0 Å². The Kier molecular flexibility index (Phi) is 6.07. The summed E-state index contributed by atoms with van der Waals surface area (Å²) in [5, 5.41) is 11.6. The number of nitrogens with zero attached hydrogens (tertiary/aromatic N) is 3. The van der Waals surface area contributed by atoms with Crippen molar-refractivity contribution < 1.29 is 19.1 Å². The lowest BCUT2D eigenvalue weighted by molar-refractivity contribution is -0.135. The third-order valence-electron chi connectivity index (χ3n) is 6.31. The van der Waals surface area contributed by atoms with Gasteiger partial charge in [0, 0.05) is 36.6 Å². The van der Waals surface area contributed by atoms with Gasteiger partial charge in [-0.3, -0.25) is 19.6 Å². The van der Waals surface area contributed by atoms with Crippen molar-refractivity contribution in [3.8, 4) is 0 Å². The number of imide groups is 1. The van der Waals surface area contributed by atoms with Crippen molar-refractivity contribution in [2.45, 2.75) is 71.6 Å². The van der Waals surface area contributed by atoms with Crippen LogP contribution in [0.25, 0.3) is 10.9 Å². The van der Waals surface area contributed by atoms with Gasteiger partial charge in [0.05, 0.1) is 11.2 Å². The maximum atomic E-state index is 12.4. The fourth-order valence-corrected chi connectivity index (χ4v) is 4.60. The number of likely N-dealkylation sites (tertiary alicyclic amines) is 1. The second-order valence-corrected chi connectivity index (χ2v) is 10.2. The topological polar surface area (TPSA) is 106 Å². The Morgan fingerprint density at radius 1 is 1.24 bits per heavy atom. The van der Waals surface area contributed by atoms with Crippen LogP contribution in [0.4, 0.5) is 10.5 Å². The quantitative estimate of drug-likeness (QED) is 0.688. The van der Waals surface area contributed by atoms with E-state index in [1.807, 2.05) is 39.8 Å². The van der Waals surface area contributed by atoms with Gasteiger partial charge in [-0.05, 0) is 64.7 Å². The number of benzene rings is 1. The van der Waals surface area contributed by atoms with Gasteiger partial charge < -0.3 is 15.0 Å². The monoisotopic (exact) mass is 455 g/mol. The minimum atomic E-state index is -0.499. The van der Waals surface area contributed by atoms with E-state index in [1.165, 1.54) is 0 Å². The van der Waals surface area contributed by atoms with E-state index in [0.717, 1.165) is 28.7 Å². The smallest absolute Gasteiger partial charge is 0.410 e. The molecule has 2 aliphatic rings. The van der Waals surface area contributed by atoms with Crippen molar-refractivity contribution in [3.63, 3.8) is 0 Å². The number of piperidine rings is 2. The number of carbonyl (C=O) groups excluding carboxylic acids is 3. The molecule has 2 N–H and O–H groups in total. The molecule has 1 aromatic heterocycles. The van der Waals surface area contributed by atoms with E-state index in [9.17, 15) is 14.4 Å². The third-order valence-corrected chi connectivity index (χ3v) is 6.31. The molecule has 0 bridgehead atoms. The molecular weight excluding hydrogens is 422 g/mol. The summed E-state index contributed by atoms with van der Waals surface area (Å²) in [7, 11) is 0. The minimum Gasteiger partial charge on any atom is -0.444 e. The van der Waals surface area contributed by atoms with E-state index in [-0.39, 0.29) is 29.9 Å². The number of nitrogens with one attached hydrogen (secondary N) is 2. The standard InChI is InChI=1S/C24H33N5O4/c1-14-13-28(23(32)33-24(3,4)5)11-10-18(14)25-16-6-7-19-17(12-16)15(2)27-29(19)20-8-9-21(30)26-22(20)31/h6-7,12,14,18,20,25H,8-11,13H2,1-5H3,(H,26,30,31)/t14-,18-,20?/m1/s1. The van der Waals surface area contributed by atoms with Gasteiger partial charge in [-0.1, -0.05) is 6.92 Å². The van der Waals surface area contributed by atoms with Gasteiger partial charge in [0.25, 0.3) is 5.91 Å². The van der Waals surface area contributed by atoms with Crippen molar-refractivity contribution >= 4 is 34.5 Å². The lowest BCUT2D eigenvalue weighted by atomic mass is 9.93. The molecule has 3 heterocycles. The number of ether oxygens (including phenoxy) is 1. The maximum Gasteiger partial charge on any atom is 0.410 e. The maximum absolute atomic E-state index is 12.4. The molecule has 0 radical (unpaired) electrons. The number of aromatic nitrogens is 2. The van der Waals surface area contributed by atoms with Crippen molar-refractivity contribution in [2.24, 2.45) is 5.92 Å². The Morgan fingerprint density at radius 2 is 2.00 bits per heavy atom. The molecule has 0 spiro atoms. The first kappa shape index (κ1) is 23.1. The summed E-state index contributed by atoms with van der Waals surface area (Å²) < 4.78 is 7.25. The number of hydrogen-bond donors (Lipinski definition) is 2. The summed E-state index contributed by atoms with van der Waals surface area (Å²) in [6.45, 7) is 11.0. The number of anilines is 1. The van der Waals surface area contributed by atoms with Gasteiger partial charge in [-0.2, -0.15) is 5.10 Å². The van der Waals surface area contributed by atoms with E-state index >= 15 is 0 Å². The molecule has 33 heavy (non-hydrogen) atoms. The van der Waals surface area contributed by atoms with Crippen LogP contribution in [0.2, 0.25) is 0 Å². The van der Waals surface area contributed by atoms with Crippen molar-refractivity contribution in [2.75, 3.05) is 18.4 Å². The summed E-state index contributed by atoms with van der Waals surface area (Å²) in [6, 6.07) is 5.79. The van der Waals surface area contributed by atoms with Gasteiger partial charge in [-0.15, -0.1) is 0 Å². The van der Waals surface area contributed by atoms with E-state index in [1.54, 1.807) is 9.58 Å². The highest BCUT2D eigenvalue weighted by atomic mass is 16.6. The highest BCUT2D eigenvalue weighted by Crippen LogP contribution is 2.30. The minimum absolute atomic E-state index is 0.228. The Bertz CT molecular complexity index is 1090. The SMILES string of the molecule is Cc1nn(C2CCC(=O)NC2=O)c2ccc(N[C@@H]3CCN(C(=O)OC(C)(C)C)C[C@H]3C)cc12. The predicted octanol–water partition coefficient (Wildman–Crippen LogP) is 3.38. The fraction of sp³-hybridized carbons (Fsp3) is 0.583. The van der Waals surface area contributed by atoms with Crippen LogP contribution in [0.15, 0.2) is 18.2 Å². The summed E-state index contributed by atoms with van der Waals surface area (Å²) in [5.41, 5.74) is 2.20. The summed E-state index contributed by atoms with van der Waals surface area (Å²) >= 11 is 0. The molecule has 2 aromatic rings. The van der Waals surface area contributed by atoms with Crippen molar-refractivity contribution in [1.29, 1.82) is 0 Å². The highest BCUT2D eigenvalue weighted by molar-refractivity contribution is 6.00. The molecule has 3 amide bonds. The van der Waals surface area contributed by atoms with Crippen LogP contribution in [-0.4, -0.2) is 57.3 Å². The van der Waals surface area contributed by atoms with E-state index in [0.29, 0.717) is 25.9 Å². The average molecular weight is 456 g/mol. The number of aryl methyl sites for hydroxylation is 1. The molecule has 9 nitrogen and oxygen atoms in total. The summed E-state index contributed by atoms with van der Waals surface area (Å²) in [4.78, 5) is 38.0. The number of fused-ring (bicyclic) bond motifs is 1. The first-order valence-corrected chi connectivity index (χ1v) is 11.6. The lowest BCUT2D eigenvalue weighted by Gasteiger charge is -2.38. The van der Waals surface area contributed by atoms with Crippen LogP contribution in [0.5, 0.6) is 0 Å². The van der Waals surface area contributed by atoms with Crippen LogP contribution < -0.4 is 10.6 Å². The Labute approximate surface area is 193 Å². The van der Waals surface area contributed by atoms with Gasteiger partial charge in [-0.25, -0.2) is 4.79 Å². The first-order chi connectivity index (χ1) is 15.5. The molecule has 2 saturated heterocycles. The zero-order chi connectivity index (χ0) is 23.9. The second kappa shape index (κ2) is 8.68. The number of hydrogen-bond acceptors (Lipinski definition) is 6. The molecular formula is C24H33N5O4. The van der Waals surface area contributed by atoms with Crippen molar-refractivity contribution in [3.05, 3.63) is 23.9 Å². The normalized spacial score (nSPS) is 24.0. The molecule has 178 valence electrons. The van der Waals surface area contributed by atoms with Crippen LogP contribution in [0.1, 0.15) is 58.7 Å². The third kappa shape index (κ3) is 4.96. The molecule has 3 atom stereocenters. The fourth-order valence-electron chi connectivity index (χ4n) is 4.60. The van der Waals surface area contributed by atoms with Gasteiger partial charge in [0.2, 0.25) is 5.91 Å². The lowest BCUT2D eigenvalue weighted by Crippen LogP contribution is -2.48. The van der Waals surface area contributed by atoms with Gasteiger partial charge in [0.15, 0.2) is 0 Å². The largest absolute Gasteiger partial charge is 0.444 e. The zero-order valence-electron chi connectivity index (χ0n) is 20.0. The zero-order valence-corrected chi connectivity index (χ0v) is 20.0. The molecule has 2 aliphatic heterocycles. The molecule has 9 heteroatoms.